The van der Waals surface area contributed by atoms with Gasteiger partial charge in [-0.3, -0.25) is 0 Å². The second kappa shape index (κ2) is 5.72. The smallest absolute Gasteiger partial charge is 0.0544 e. The Morgan fingerprint density at radius 3 is 2.78 bits per heavy atom. The van der Waals surface area contributed by atoms with Crippen molar-refractivity contribution in [3.8, 4) is 0 Å². The molecule has 0 spiro atoms. The molecule has 1 aromatic rings. The van der Waals surface area contributed by atoms with Crippen LogP contribution in [0.2, 0.25) is 0 Å². The molecule has 0 aromatic heterocycles. The predicted octanol–water partition coefficient (Wildman–Crippen LogP) is 1.72. The van der Waals surface area contributed by atoms with Crippen molar-refractivity contribution in [1.29, 1.82) is 0 Å². The summed E-state index contributed by atoms with van der Waals surface area (Å²) in [5.41, 5.74) is 2.69. The van der Waals surface area contributed by atoms with Gasteiger partial charge in [-0.25, -0.2) is 0 Å². The Balaban J connectivity index is 2.26. The number of nitrogens with zero attached hydrogens (tertiary/aromatic N) is 2. The third-order valence-electron chi connectivity index (χ3n) is 3.71. The van der Waals surface area contributed by atoms with Crippen LogP contribution in [0.15, 0.2) is 24.3 Å². The van der Waals surface area contributed by atoms with Crippen LogP contribution in [-0.2, 0) is 0 Å². The van der Waals surface area contributed by atoms with E-state index in [2.05, 4.69) is 60.3 Å². The lowest BCUT2D eigenvalue weighted by Gasteiger charge is -2.46. The molecule has 0 bridgehead atoms. The first-order valence-corrected chi connectivity index (χ1v) is 6.80. The molecule has 2 rings (SSSR count). The van der Waals surface area contributed by atoms with Gasteiger partial charge in [0.05, 0.1) is 6.04 Å². The Labute approximate surface area is 111 Å². The normalized spacial score (nSPS) is 25.4. The zero-order chi connectivity index (χ0) is 13.1. The van der Waals surface area contributed by atoms with Crippen molar-refractivity contribution < 1.29 is 0 Å². The maximum atomic E-state index is 3.32. The van der Waals surface area contributed by atoms with E-state index in [1.807, 2.05) is 7.05 Å². The molecular weight excluding hydrogens is 222 g/mol. The molecule has 1 saturated heterocycles. The summed E-state index contributed by atoms with van der Waals surface area (Å²) in [4.78, 5) is 5.00. The molecule has 18 heavy (non-hydrogen) atoms. The van der Waals surface area contributed by atoms with E-state index in [-0.39, 0.29) is 0 Å². The average Bonchev–Trinajstić information content (AvgIpc) is 2.28. The van der Waals surface area contributed by atoms with Crippen molar-refractivity contribution in [2.24, 2.45) is 0 Å². The lowest BCUT2D eigenvalue weighted by atomic mass is 10.0. The van der Waals surface area contributed by atoms with E-state index in [1.165, 1.54) is 11.3 Å². The number of nitrogens with one attached hydrogen (secondary N) is 1. The third kappa shape index (κ3) is 2.85. The summed E-state index contributed by atoms with van der Waals surface area (Å²) < 4.78 is 0. The van der Waals surface area contributed by atoms with E-state index < -0.39 is 0 Å². The summed E-state index contributed by atoms with van der Waals surface area (Å²) in [6, 6.07) is 9.96. The molecule has 1 aliphatic rings. The topological polar surface area (TPSA) is 18.5 Å². The number of likely N-dealkylation sites (N-methyl/N-ethyl adjacent to an activating group) is 2. The maximum Gasteiger partial charge on any atom is 0.0544 e. The minimum absolute atomic E-state index is 0.547. The van der Waals surface area contributed by atoms with Crippen LogP contribution in [0.5, 0.6) is 0 Å². The Hall–Kier alpha value is -1.06. The Morgan fingerprint density at radius 1 is 1.33 bits per heavy atom. The van der Waals surface area contributed by atoms with E-state index in [1.54, 1.807) is 0 Å². The van der Waals surface area contributed by atoms with Crippen LogP contribution >= 0.6 is 0 Å². The molecule has 1 aliphatic heterocycles. The van der Waals surface area contributed by atoms with E-state index in [9.17, 15) is 0 Å². The van der Waals surface area contributed by atoms with Gasteiger partial charge in [-0.05, 0) is 45.6 Å². The van der Waals surface area contributed by atoms with Gasteiger partial charge in [0.25, 0.3) is 0 Å². The SMILES string of the molecule is CNCC1CN(C)CC(C)N1c1cccc(C)c1. The molecule has 2 atom stereocenters. The fourth-order valence-corrected chi connectivity index (χ4v) is 3.07. The lowest BCUT2D eigenvalue weighted by Crippen LogP contribution is -2.59. The van der Waals surface area contributed by atoms with Gasteiger partial charge in [-0.2, -0.15) is 0 Å². The van der Waals surface area contributed by atoms with E-state index in [4.69, 9.17) is 0 Å². The van der Waals surface area contributed by atoms with Gasteiger partial charge in [0.1, 0.15) is 0 Å². The van der Waals surface area contributed by atoms with Crippen LogP contribution < -0.4 is 10.2 Å². The van der Waals surface area contributed by atoms with Crippen molar-refractivity contribution in [3.63, 3.8) is 0 Å². The van der Waals surface area contributed by atoms with Crippen LogP contribution in [-0.4, -0.2) is 50.7 Å². The molecule has 0 radical (unpaired) electrons. The van der Waals surface area contributed by atoms with E-state index in [0.717, 1.165) is 19.6 Å². The minimum atomic E-state index is 0.547. The summed E-state index contributed by atoms with van der Waals surface area (Å²) in [5, 5.41) is 3.32. The monoisotopic (exact) mass is 247 g/mol. The summed E-state index contributed by atoms with van der Waals surface area (Å²) in [6.07, 6.45) is 0. The van der Waals surface area contributed by atoms with Crippen molar-refractivity contribution in [1.82, 2.24) is 10.2 Å². The lowest BCUT2D eigenvalue weighted by molar-refractivity contribution is 0.231. The largest absolute Gasteiger partial charge is 0.362 e. The molecule has 1 fully saturated rings. The number of rotatable bonds is 3. The van der Waals surface area contributed by atoms with Gasteiger partial charge in [-0.15, -0.1) is 0 Å². The van der Waals surface area contributed by atoms with Gasteiger partial charge < -0.3 is 15.1 Å². The van der Waals surface area contributed by atoms with Gasteiger partial charge in [0.15, 0.2) is 0 Å². The first-order valence-electron chi connectivity index (χ1n) is 6.80. The van der Waals surface area contributed by atoms with Gasteiger partial charge in [0, 0.05) is 31.4 Å². The molecule has 3 nitrogen and oxygen atoms in total. The summed E-state index contributed by atoms with van der Waals surface area (Å²) in [5.74, 6) is 0. The number of aryl methyl sites for hydroxylation is 1. The van der Waals surface area contributed by atoms with Crippen LogP contribution in [0.4, 0.5) is 5.69 Å². The van der Waals surface area contributed by atoms with Gasteiger partial charge in [-0.1, -0.05) is 12.1 Å². The standard InChI is InChI=1S/C15H25N3/c1-12-6-5-7-14(8-12)18-13(2)10-17(4)11-15(18)9-16-3/h5-8,13,15-16H,9-11H2,1-4H3. The number of benzene rings is 1. The molecule has 0 saturated carbocycles. The van der Waals surface area contributed by atoms with Gasteiger partial charge >= 0.3 is 0 Å². The van der Waals surface area contributed by atoms with Crippen molar-refractivity contribution in [2.75, 3.05) is 38.6 Å². The molecule has 1 aromatic carbocycles. The average molecular weight is 247 g/mol. The van der Waals surface area contributed by atoms with Crippen LogP contribution in [0.3, 0.4) is 0 Å². The zero-order valence-electron chi connectivity index (χ0n) is 12.0. The Kier molecular flexibility index (Phi) is 4.25. The minimum Gasteiger partial charge on any atom is -0.362 e. The second-order valence-corrected chi connectivity index (χ2v) is 5.53. The Morgan fingerprint density at radius 2 is 2.11 bits per heavy atom. The van der Waals surface area contributed by atoms with Crippen LogP contribution in [0.1, 0.15) is 12.5 Å². The highest BCUT2D eigenvalue weighted by atomic mass is 15.3. The van der Waals surface area contributed by atoms with Crippen molar-refractivity contribution in [3.05, 3.63) is 29.8 Å². The van der Waals surface area contributed by atoms with Crippen LogP contribution in [0.25, 0.3) is 0 Å². The first kappa shape index (κ1) is 13.4. The Bertz CT molecular complexity index is 391. The fourth-order valence-electron chi connectivity index (χ4n) is 3.07. The number of anilines is 1. The molecular formula is C15H25N3. The summed E-state index contributed by atoms with van der Waals surface area (Å²) in [6.45, 7) is 7.77. The van der Waals surface area contributed by atoms with E-state index >= 15 is 0 Å². The third-order valence-corrected chi connectivity index (χ3v) is 3.71. The quantitative estimate of drug-likeness (QED) is 0.877. The molecule has 2 unspecified atom stereocenters. The van der Waals surface area contributed by atoms with E-state index in [0.29, 0.717) is 12.1 Å². The van der Waals surface area contributed by atoms with Crippen molar-refractivity contribution >= 4 is 5.69 Å². The summed E-state index contributed by atoms with van der Waals surface area (Å²) >= 11 is 0. The molecule has 0 amide bonds. The highest BCUT2D eigenvalue weighted by Gasteiger charge is 2.30. The predicted molar refractivity (Wildman–Crippen MR) is 78.3 cm³/mol. The molecule has 0 aliphatic carbocycles. The summed E-state index contributed by atoms with van der Waals surface area (Å²) in [7, 11) is 4.25. The second-order valence-electron chi connectivity index (χ2n) is 5.53. The maximum absolute atomic E-state index is 3.32. The molecule has 1 N–H and O–H groups in total. The highest BCUT2D eigenvalue weighted by Crippen LogP contribution is 2.24. The molecule has 100 valence electrons. The zero-order valence-corrected chi connectivity index (χ0v) is 12.0. The molecule has 1 heterocycles. The first-order chi connectivity index (χ1) is 8.61. The number of hydrogen-bond donors (Lipinski definition) is 1. The van der Waals surface area contributed by atoms with Crippen LogP contribution in [0, 0.1) is 6.92 Å². The number of piperazine rings is 1. The fraction of sp³-hybridized carbons (Fsp3) is 0.600. The number of hydrogen-bond acceptors (Lipinski definition) is 3. The van der Waals surface area contributed by atoms with Gasteiger partial charge in [0.2, 0.25) is 0 Å². The molecule has 3 heteroatoms. The highest BCUT2D eigenvalue weighted by molar-refractivity contribution is 5.51. The van der Waals surface area contributed by atoms with Crippen molar-refractivity contribution in [2.45, 2.75) is 25.9 Å².